The fourth-order valence-corrected chi connectivity index (χ4v) is 1.85. The van der Waals surface area contributed by atoms with Crippen LogP contribution in [0.3, 0.4) is 0 Å². The number of allylic oxidation sites excluding steroid dienone is 1. The number of benzene rings is 1. The van der Waals surface area contributed by atoms with Crippen LogP contribution in [-0.4, -0.2) is 13.3 Å². The van der Waals surface area contributed by atoms with E-state index >= 15 is 0 Å². The highest BCUT2D eigenvalue weighted by Crippen LogP contribution is 2.22. The second kappa shape index (κ2) is 7.25. The molecule has 3 heteroatoms. The number of hydrogen-bond acceptors (Lipinski definition) is 2. The van der Waals surface area contributed by atoms with Crippen molar-refractivity contribution < 1.29 is 0 Å². The van der Waals surface area contributed by atoms with E-state index in [0.29, 0.717) is 0 Å². The quantitative estimate of drug-likeness (QED) is 0.794. The van der Waals surface area contributed by atoms with Crippen LogP contribution in [0.25, 0.3) is 0 Å². The molecule has 0 aliphatic carbocycles. The molecule has 1 aromatic carbocycles. The van der Waals surface area contributed by atoms with Crippen molar-refractivity contribution in [2.24, 2.45) is 10.7 Å². The van der Waals surface area contributed by atoms with Gasteiger partial charge in [-0.15, -0.1) is 0 Å². The molecule has 2 nitrogen and oxygen atoms in total. The zero-order valence-electron chi connectivity index (χ0n) is 10.4. The maximum Gasteiger partial charge on any atom is 0.0409 e. The summed E-state index contributed by atoms with van der Waals surface area (Å²) in [5.41, 5.74) is 8.54. The van der Waals surface area contributed by atoms with Crippen molar-refractivity contribution in [1.29, 1.82) is 0 Å². The molecule has 0 bridgehead atoms. The van der Waals surface area contributed by atoms with E-state index in [0.717, 1.165) is 23.4 Å². The van der Waals surface area contributed by atoms with E-state index in [1.807, 2.05) is 36.6 Å². The lowest BCUT2D eigenvalue weighted by Crippen LogP contribution is -2.11. The third kappa shape index (κ3) is 4.72. The van der Waals surface area contributed by atoms with Gasteiger partial charge in [-0.25, -0.2) is 0 Å². The minimum absolute atomic E-state index is 0.00911. The van der Waals surface area contributed by atoms with Gasteiger partial charge in [-0.05, 0) is 36.6 Å². The minimum Gasteiger partial charge on any atom is -0.324 e. The van der Waals surface area contributed by atoms with Crippen LogP contribution >= 0.6 is 11.6 Å². The van der Waals surface area contributed by atoms with Gasteiger partial charge in [0, 0.05) is 24.3 Å². The van der Waals surface area contributed by atoms with Gasteiger partial charge in [0.25, 0.3) is 0 Å². The standard InChI is InChI=1S/C14H19ClN2/c1-3-11(7-8-17-2)9-14(16)12-5-4-6-13(15)10-12/h4-8,10,14H,3,9,16H2,1-2H3/b11-7+,17-8?. The van der Waals surface area contributed by atoms with Gasteiger partial charge in [0.15, 0.2) is 0 Å². The lowest BCUT2D eigenvalue weighted by Gasteiger charge is -2.13. The maximum atomic E-state index is 6.17. The molecule has 1 unspecified atom stereocenters. The Morgan fingerprint density at radius 2 is 2.29 bits per heavy atom. The van der Waals surface area contributed by atoms with E-state index in [2.05, 4.69) is 11.9 Å². The number of nitrogens with two attached hydrogens (primary N) is 1. The first-order chi connectivity index (χ1) is 8.17. The van der Waals surface area contributed by atoms with Crippen LogP contribution < -0.4 is 5.73 Å². The lowest BCUT2D eigenvalue weighted by atomic mass is 9.98. The van der Waals surface area contributed by atoms with E-state index in [4.69, 9.17) is 17.3 Å². The highest BCUT2D eigenvalue weighted by Gasteiger charge is 2.08. The van der Waals surface area contributed by atoms with Gasteiger partial charge in [0.2, 0.25) is 0 Å². The molecule has 92 valence electrons. The molecule has 0 radical (unpaired) electrons. The Kier molecular flexibility index (Phi) is 5.95. The molecule has 0 fully saturated rings. The van der Waals surface area contributed by atoms with Crippen LogP contribution in [0.15, 0.2) is 40.9 Å². The second-order valence-corrected chi connectivity index (χ2v) is 4.39. The summed E-state index contributed by atoms with van der Waals surface area (Å²) in [5, 5.41) is 0.732. The number of hydrogen-bond donors (Lipinski definition) is 1. The van der Waals surface area contributed by atoms with Gasteiger partial charge in [-0.2, -0.15) is 0 Å². The van der Waals surface area contributed by atoms with Crippen molar-refractivity contribution >= 4 is 17.8 Å². The minimum atomic E-state index is -0.00911. The number of nitrogens with zero attached hydrogens (tertiary/aromatic N) is 1. The highest BCUT2D eigenvalue weighted by molar-refractivity contribution is 6.30. The maximum absolute atomic E-state index is 6.17. The van der Waals surface area contributed by atoms with E-state index in [9.17, 15) is 0 Å². The Hall–Kier alpha value is -1.12. The molecule has 0 aromatic heterocycles. The largest absolute Gasteiger partial charge is 0.324 e. The molecule has 0 amide bonds. The summed E-state index contributed by atoms with van der Waals surface area (Å²) in [6, 6.07) is 7.72. The monoisotopic (exact) mass is 250 g/mol. The summed E-state index contributed by atoms with van der Waals surface area (Å²) in [7, 11) is 1.76. The van der Waals surface area contributed by atoms with E-state index < -0.39 is 0 Å². The summed E-state index contributed by atoms with van der Waals surface area (Å²) in [6.07, 6.45) is 5.66. The molecule has 0 aliphatic rings. The van der Waals surface area contributed by atoms with Crippen LogP contribution in [0.5, 0.6) is 0 Å². The SMILES string of the molecule is CC/C(=C\C=NC)CC(N)c1cccc(Cl)c1. The molecule has 1 atom stereocenters. The van der Waals surface area contributed by atoms with Crippen molar-refractivity contribution in [3.8, 4) is 0 Å². The van der Waals surface area contributed by atoms with Gasteiger partial charge < -0.3 is 5.73 Å². The van der Waals surface area contributed by atoms with Crippen LogP contribution in [-0.2, 0) is 0 Å². The molecule has 17 heavy (non-hydrogen) atoms. The third-order valence-corrected chi connectivity index (χ3v) is 2.91. The van der Waals surface area contributed by atoms with Gasteiger partial charge in [-0.3, -0.25) is 4.99 Å². The third-order valence-electron chi connectivity index (χ3n) is 2.67. The molecule has 1 aromatic rings. The second-order valence-electron chi connectivity index (χ2n) is 3.95. The summed E-state index contributed by atoms with van der Waals surface area (Å²) >= 11 is 5.95. The van der Waals surface area contributed by atoms with Crippen LogP contribution in [0.4, 0.5) is 0 Å². The Labute approximate surface area is 108 Å². The fourth-order valence-electron chi connectivity index (χ4n) is 1.65. The molecular formula is C14H19ClN2. The highest BCUT2D eigenvalue weighted by atomic mass is 35.5. The molecule has 2 N–H and O–H groups in total. The number of aliphatic imine (C=N–C) groups is 1. The van der Waals surface area contributed by atoms with Gasteiger partial charge >= 0.3 is 0 Å². The Morgan fingerprint density at radius 1 is 1.53 bits per heavy atom. The van der Waals surface area contributed by atoms with Crippen LogP contribution in [0, 0.1) is 0 Å². The zero-order chi connectivity index (χ0) is 12.7. The van der Waals surface area contributed by atoms with Crippen molar-refractivity contribution in [2.75, 3.05) is 7.05 Å². The predicted molar refractivity (Wildman–Crippen MR) is 75.8 cm³/mol. The Morgan fingerprint density at radius 3 is 2.88 bits per heavy atom. The molecule has 0 aliphatic heterocycles. The molecule has 1 rings (SSSR count). The topological polar surface area (TPSA) is 38.4 Å². The Balaban J connectivity index is 2.74. The van der Waals surface area contributed by atoms with Gasteiger partial charge in [0.1, 0.15) is 0 Å². The lowest BCUT2D eigenvalue weighted by molar-refractivity contribution is 0.700. The average molecular weight is 251 g/mol. The molecule has 0 heterocycles. The number of rotatable bonds is 5. The first-order valence-electron chi connectivity index (χ1n) is 5.78. The van der Waals surface area contributed by atoms with E-state index in [1.165, 1.54) is 5.57 Å². The smallest absolute Gasteiger partial charge is 0.0409 e. The summed E-state index contributed by atoms with van der Waals surface area (Å²) < 4.78 is 0. The zero-order valence-corrected chi connectivity index (χ0v) is 11.1. The van der Waals surface area contributed by atoms with Crippen molar-refractivity contribution in [3.63, 3.8) is 0 Å². The first-order valence-corrected chi connectivity index (χ1v) is 6.16. The molecular weight excluding hydrogens is 232 g/mol. The normalized spacial score (nSPS) is 14.2. The van der Waals surface area contributed by atoms with E-state index in [1.54, 1.807) is 7.05 Å². The van der Waals surface area contributed by atoms with Gasteiger partial charge in [-0.1, -0.05) is 36.2 Å². The molecule has 0 saturated heterocycles. The van der Waals surface area contributed by atoms with Crippen molar-refractivity contribution in [3.05, 3.63) is 46.5 Å². The van der Waals surface area contributed by atoms with E-state index in [-0.39, 0.29) is 6.04 Å². The van der Waals surface area contributed by atoms with Gasteiger partial charge in [0.05, 0.1) is 0 Å². The number of halogens is 1. The summed E-state index contributed by atoms with van der Waals surface area (Å²) in [5.74, 6) is 0. The molecule has 0 spiro atoms. The van der Waals surface area contributed by atoms with Crippen molar-refractivity contribution in [1.82, 2.24) is 0 Å². The van der Waals surface area contributed by atoms with Crippen molar-refractivity contribution in [2.45, 2.75) is 25.8 Å². The Bertz CT molecular complexity index is 410. The van der Waals surface area contributed by atoms with Crippen LogP contribution in [0.2, 0.25) is 5.02 Å². The summed E-state index contributed by atoms with van der Waals surface area (Å²) in [6.45, 7) is 2.13. The van der Waals surface area contributed by atoms with Crippen LogP contribution in [0.1, 0.15) is 31.4 Å². The summed E-state index contributed by atoms with van der Waals surface area (Å²) in [4.78, 5) is 3.95. The average Bonchev–Trinajstić information content (AvgIpc) is 2.34. The first kappa shape index (κ1) is 13.9. The predicted octanol–water partition coefficient (Wildman–Crippen LogP) is 3.77. The fraction of sp³-hybridized carbons (Fsp3) is 0.357. The molecule has 0 saturated carbocycles.